The maximum Gasteiger partial charge on any atom is 0.178 e. The van der Waals surface area contributed by atoms with Gasteiger partial charge >= 0.3 is 0 Å². The summed E-state index contributed by atoms with van der Waals surface area (Å²) in [5, 5.41) is 5.67. The summed E-state index contributed by atoms with van der Waals surface area (Å²) in [4.78, 5) is 4.48. The topological polar surface area (TPSA) is 36.8 Å². The number of aliphatic imine (C=N–C) groups is 1. The Morgan fingerprint density at radius 2 is 2.00 bits per heavy atom. The Morgan fingerprint density at radius 3 is 2.59 bits per heavy atom. The molecule has 0 fully saturated rings. The molecule has 0 amide bonds. The van der Waals surface area contributed by atoms with Gasteiger partial charge in [-0.3, -0.25) is 10.4 Å². The minimum absolute atomic E-state index is 0.297. The van der Waals surface area contributed by atoms with Crippen LogP contribution in [0.3, 0.4) is 0 Å². The molecular weight excluding hydrogens is 230 g/mol. The molecule has 1 aromatic rings. The van der Waals surface area contributed by atoms with E-state index in [0.29, 0.717) is 11.3 Å². The van der Waals surface area contributed by atoms with E-state index in [1.807, 2.05) is 18.2 Å². The molecule has 0 saturated carbocycles. The van der Waals surface area contributed by atoms with E-state index in [4.69, 9.17) is 0 Å². The molecule has 0 bridgehead atoms. The Kier molecular flexibility index (Phi) is 3.84. The molecule has 1 aromatic carbocycles. The fraction of sp³-hybridized carbons (Fsp3) is 0.385. The third-order valence-corrected chi connectivity index (χ3v) is 3.39. The van der Waals surface area contributed by atoms with Crippen molar-refractivity contribution >= 4 is 22.6 Å². The van der Waals surface area contributed by atoms with Crippen molar-refractivity contribution in [2.24, 2.45) is 10.1 Å². The highest BCUT2D eigenvalue weighted by Crippen LogP contribution is 2.21. The number of hydrogen-bond acceptors (Lipinski definition) is 3. The molecule has 1 heterocycles. The van der Waals surface area contributed by atoms with Crippen LogP contribution in [0.4, 0.5) is 0 Å². The molecule has 3 nitrogen and oxygen atoms in total. The van der Waals surface area contributed by atoms with Gasteiger partial charge in [-0.15, -0.1) is 0 Å². The van der Waals surface area contributed by atoms with Crippen LogP contribution in [0.1, 0.15) is 26.3 Å². The zero-order valence-corrected chi connectivity index (χ0v) is 11.2. The molecule has 4 heteroatoms. The highest BCUT2D eigenvalue weighted by Gasteiger charge is 2.21. The Bertz CT molecular complexity index is 437. The van der Waals surface area contributed by atoms with Gasteiger partial charge in [0.1, 0.15) is 0 Å². The van der Waals surface area contributed by atoms with Gasteiger partial charge in [0.15, 0.2) is 5.17 Å². The van der Waals surface area contributed by atoms with E-state index in [9.17, 15) is 0 Å². The number of nitrogens with zero attached hydrogens (tertiary/aromatic N) is 2. The minimum atomic E-state index is 0.297. The normalized spacial score (nSPS) is 22.5. The van der Waals surface area contributed by atoms with Crippen LogP contribution in [0.15, 0.2) is 40.4 Å². The van der Waals surface area contributed by atoms with E-state index in [2.05, 4.69) is 48.4 Å². The quantitative estimate of drug-likeness (QED) is 0.872. The number of hydrazone groups is 1. The van der Waals surface area contributed by atoms with Crippen molar-refractivity contribution in [3.05, 3.63) is 35.9 Å². The summed E-state index contributed by atoms with van der Waals surface area (Å²) in [6, 6.07) is 10.6. The predicted octanol–water partition coefficient (Wildman–Crippen LogP) is 2.88. The summed E-state index contributed by atoms with van der Waals surface area (Å²) in [6.07, 6.45) is 0. The molecule has 1 atom stereocenters. The molecule has 90 valence electrons. The van der Waals surface area contributed by atoms with Gasteiger partial charge in [0.2, 0.25) is 0 Å². The van der Waals surface area contributed by atoms with Gasteiger partial charge in [-0.25, -0.2) is 0 Å². The summed E-state index contributed by atoms with van der Waals surface area (Å²) in [7, 11) is 0. The number of rotatable bonds is 2. The molecule has 0 spiro atoms. The summed E-state index contributed by atoms with van der Waals surface area (Å²) in [5.41, 5.74) is 5.28. The maximum absolute atomic E-state index is 4.48. The highest BCUT2D eigenvalue weighted by atomic mass is 32.2. The van der Waals surface area contributed by atoms with Gasteiger partial charge in [0.25, 0.3) is 0 Å². The van der Waals surface area contributed by atoms with E-state index in [0.717, 1.165) is 10.9 Å². The maximum atomic E-state index is 4.48. The third-order valence-electron chi connectivity index (χ3n) is 2.39. The standard InChI is InChI=1S/C13H17N3S/c1-9(2)14-13-16-15-12(10(3)17-13)11-7-5-4-6-8-11/h4-10H,1-3H3,(H,14,16)/t10-/m1/s1. The van der Waals surface area contributed by atoms with Crippen LogP contribution in [0.5, 0.6) is 0 Å². The van der Waals surface area contributed by atoms with E-state index in [-0.39, 0.29) is 0 Å². The molecule has 0 saturated heterocycles. The SMILES string of the molecule is CC(C)N=C1NN=C(c2ccccc2)[C@@H](C)S1. The second kappa shape index (κ2) is 5.36. The second-order valence-electron chi connectivity index (χ2n) is 4.26. The number of thioether (sulfide) groups is 1. The lowest BCUT2D eigenvalue weighted by Gasteiger charge is -2.21. The van der Waals surface area contributed by atoms with Gasteiger partial charge < -0.3 is 0 Å². The summed E-state index contributed by atoms with van der Waals surface area (Å²) >= 11 is 1.73. The Labute approximate surface area is 106 Å². The average molecular weight is 247 g/mol. The van der Waals surface area contributed by atoms with Gasteiger partial charge in [-0.2, -0.15) is 5.10 Å². The smallest absolute Gasteiger partial charge is 0.178 e. The van der Waals surface area contributed by atoms with Gasteiger partial charge in [0.05, 0.1) is 11.0 Å². The predicted molar refractivity (Wildman–Crippen MR) is 75.7 cm³/mol. The molecular formula is C13H17N3S. The molecule has 0 unspecified atom stereocenters. The summed E-state index contributed by atoms with van der Waals surface area (Å²) in [5.74, 6) is 0. The van der Waals surface area contributed by atoms with Crippen molar-refractivity contribution in [2.75, 3.05) is 0 Å². The second-order valence-corrected chi connectivity index (χ2v) is 5.59. The first kappa shape index (κ1) is 12.2. The first-order valence-corrected chi connectivity index (χ1v) is 6.68. The Balaban J connectivity index is 2.20. The van der Waals surface area contributed by atoms with Gasteiger partial charge in [0, 0.05) is 6.04 Å². The molecule has 1 aliphatic heterocycles. The minimum Gasteiger partial charge on any atom is -0.258 e. The Hall–Kier alpha value is -1.29. The van der Waals surface area contributed by atoms with E-state index in [1.54, 1.807) is 11.8 Å². The molecule has 0 aliphatic carbocycles. The molecule has 0 aromatic heterocycles. The lowest BCUT2D eigenvalue weighted by atomic mass is 10.1. The Morgan fingerprint density at radius 1 is 1.29 bits per heavy atom. The van der Waals surface area contributed by atoms with Crippen molar-refractivity contribution in [3.8, 4) is 0 Å². The van der Waals surface area contributed by atoms with Crippen molar-refractivity contribution < 1.29 is 0 Å². The number of benzene rings is 1. The van der Waals surface area contributed by atoms with Gasteiger partial charge in [-0.05, 0) is 26.3 Å². The van der Waals surface area contributed by atoms with Crippen molar-refractivity contribution in [1.29, 1.82) is 0 Å². The summed E-state index contributed by atoms with van der Waals surface area (Å²) in [6.45, 7) is 6.29. The number of hydrogen-bond donors (Lipinski definition) is 1. The first-order chi connectivity index (χ1) is 8.16. The van der Waals surface area contributed by atoms with E-state index >= 15 is 0 Å². The number of nitrogens with one attached hydrogen (secondary N) is 1. The zero-order valence-electron chi connectivity index (χ0n) is 10.3. The van der Waals surface area contributed by atoms with Gasteiger partial charge in [-0.1, -0.05) is 42.1 Å². The van der Waals surface area contributed by atoms with Crippen LogP contribution < -0.4 is 5.43 Å². The van der Waals surface area contributed by atoms with Crippen LogP contribution >= 0.6 is 11.8 Å². The molecule has 0 radical (unpaired) electrons. The van der Waals surface area contributed by atoms with Crippen LogP contribution in [-0.2, 0) is 0 Å². The third kappa shape index (κ3) is 3.09. The van der Waals surface area contributed by atoms with Crippen molar-refractivity contribution in [1.82, 2.24) is 5.43 Å². The zero-order chi connectivity index (χ0) is 12.3. The lowest BCUT2D eigenvalue weighted by molar-refractivity contribution is 0.825. The average Bonchev–Trinajstić information content (AvgIpc) is 2.29. The van der Waals surface area contributed by atoms with E-state index < -0.39 is 0 Å². The largest absolute Gasteiger partial charge is 0.258 e. The number of amidine groups is 1. The molecule has 1 aliphatic rings. The first-order valence-electron chi connectivity index (χ1n) is 5.80. The van der Waals surface area contributed by atoms with Crippen LogP contribution in [0.2, 0.25) is 0 Å². The molecule has 17 heavy (non-hydrogen) atoms. The van der Waals surface area contributed by atoms with E-state index in [1.165, 1.54) is 5.56 Å². The molecule has 2 rings (SSSR count). The fourth-order valence-electron chi connectivity index (χ4n) is 1.65. The van der Waals surface area contributed by atoms with Crippen LogP contribution in [0, 0.1) is 0 Å². The fourth-order valence-corrected chi connectivity index (χ4v) is 2.66. The van der Waals surface area contributed by atoms with Crippen LogP contribution in [0.25, 0.3) is 0 Å². The summed E-state index contributed by atoms with van der Waals surface area (Å²) < 4.78 is 0. The lowest BCUT2D eigenvalue weighted by Crippen LogP contribution is -2.31. The van der Waals surface area contributed by atoms with Crippen molar-refractivity contribution in [3.63, 3.8) is 0 Å². The van der Waals surface area contributed by atoms with Crippen molar-refractivity contribution in [2.45, 2.75) is 32.1 Å². The monoisotopic (exact) mass is 247 g/mol. The van der Waals surface area contributed by atoms with Crippen LogP contribution in [-0.4, -0.2) is 22.2 Å². The highest BCUT2D eigenvalue weighted by molar-refractivity contribution is 8.15. The molecule has 1 N–H and O–H groups in total.